The Morgan fingerprint density at radius 2 is 1.91 bits per heavy atom. The van der Waals surface area contributed by atoms with Crippen molar-refractivity contribution in [3.05, 3.63) is 53.6 Å². The number of aliphatic hydroxyl groups is 1. The highest BCUT2D eigenvalue weighted by atomic mass is 16.5. The molecule has 0 aliphatic carbocycles. The molecule has 1 heterocycles. The zero-order chi connectivity index (χ0) is 15.5. The minimum atomic E-state index is -0.0833. The number of amides is 1. The lowest BCUT2D eigenvalue weighted by atomic mass is 10.1. The van der Waals surface area contributed by atoms with E-state index in [1.54, 1.807) is 24.1 Å². The van der Waals surface area contributed by atoms with Crippen molar-refractivity contribution in [2.24, 2.45) is 0 Å². The maximum atomic E-state index is 12.2. The number of fused-ring (bicyclic) bond motifs is 1. The minimum Gasteiger partial charge on any atom is -0.497 e. The normalized spacial score (nSPS) is 13.5. The van der Waals surface area contributed by atoms with Crippen LogP contribution in [-0.2, 0) is 17.9 Å². The van der Waals surface area contributed by atoms with Crippen LogP contribution in [-0.4, -0.2) is 24.7 Å². The Morgan fingerprint density at radius 3 is 2.59 bits per heavy atom. The maximum Gasteiger partial charge on any atom is 0.265 e. The van der Waals surface area contributed by atoms with Crippen molar-refractivity contribution in [3.63, 3.8) is 0 Å². The molecule has 2 aromatic rings. The van der Waals surface area contributed by atoms with Gasteiger partial charge in [-0.05, 0) is 35.4 Å². The average Bonchev–Trinajstić information content (AvgIpc) is 2.57. The largest absolute Gasteiger partial charge is 0.497 e. The molecule has 5 heteroatoms. The van der Waals surface area contributed by atoms with E-state index >= 15 is 0 Å². The van der Waals surface area contributed by atoms with Crippen molar-refractivity contribution in [1.82, 2.24) is 0 Å². The van der Waals surface area contributed by atoms with E-state index in [1.807, 2.05) is 30.3 Å². The molecule has 0 radical (unpaired) electrons. The quantitative estimate of drug-likeness (QED) is 0.939. The summed E-state index contributed by atoms with van der Waals surface area (Å²) in [4.78, 5) is 13.9. The van der Waals surface area contributed by atoms with Crippen LogP contribution in [0.15, 0.2) is 42.5 Å². The van der Waals surface area contributed by atoms with Crippen LogP contribution in [0.3, 0.4) is 0 Å². The fourth-order valence-electron chi connectivity index (χ4n) is 2.43. The van der Waals surface area contributed by atoms with E-state index in [9.17, 15) is 9.90 Å². The Hall–Kier alpha value is -2.53. The van der Waals surface area contributed by atoms with Gasteiger partial charge in [0.15, 0.2) is 6.61 Å². The van der Waals surface area contributed by atoms with Gasteiger partial charge < -0.3 is 19.5 Å². The van der Waals surface area contributed by atoms with Crippen molar-refractivity contribution >= 4 is 11.6 Å². The number of anilines is 1. The predicted molar refractivity (Wildman–Crippen MR) is 82.0 cm³/mol. The van der Waals surface area contributed by atoms with E-state index in [0.717, 1.165) is 22.6 Å². The molecule has 0 saturated heterocycles. The van der Waals surface area contributed by atoms with Crippen molar-refractivity contribution in [1.29, 1.82) is 0 Å². The molecule has 0 bridgehead atoms. The number of ether oxygens (including phenoxy) is 2. The third-order valence-corrected chi connectivity index (χ3v) is 3.65. The summed E-state index contributed by atoms with van der Waals surface area (Å²) in [5, 5.41) is 9.19. The lowest BCUT2D eigenvalue weighted by molar-refractivity contribution is -0.121. The molecular weight excluding hydrogens is 282 g/mol. The number of rotatable bonds is 4. The fourth-order valence-corrected chi connectivity index (χ4v) is 2.43. The van der Waals surface area contributed by atoms with Crippen LogP contribution >= 0.6 is 0 Å². The summed E-state index contributed by atoms with van der Waals surface area (Å²) in [5.41, 5.74) is 2.50. The fraction of sp³-hybridized carbons (Fsp3) is 0.235. The number of carbonyl (C=O) groups is 1. The Kier molecular flexibility index (Phi) is 3.98. The Morgan fingerprint density at radius 1 is 1.18 bits per heavy atom. The van der Waals surface area contributed by atoms with Crippen molar-refractivity contribution in [2.45, 2.75) is 13.2 Å². The van der Waals surface area contributed by atoms with Crippen LogP contribution < -0.4 is 14.4 Å². The molecule has 22 heavy (non-hydrogen) atoms. The second-order valence-corrected chi connectivity index (χ2v) is 5.08. The predicted octanol–water partition coefficient (Wildman–Crippen LogP) is 2.11. The molecular formula is C17H17NO4. The van der Waals surface area contributed by atoms with E-state index in [0.29, 0.717) is 12.3 Å². The average molecular weight is 299 g/mol. The lowest BCUT2D eigenvalue weighted by Gasteiger charge is -2.29. The monoisotopic (exact) mass is 299 g/mol. The highest BCUT2D eigenvalue weighted by molar-refractivity contribution is 5.97. The van der Waals surface area contributed by atoms with Gasteiger partial charge in [0.2, 0.25) is 0 Å². The number of methoxy groups -OCH3 is 1. The van der Waals surface area contributed by atoms with Gasteiger partial charge in [0, 0.05) is 0 Å². The molecule has 0 spiro atoms. The van der Waals surface area contributed by atoms with Gasteiger partial charge in [-0.2, -0.15) is 0 Å². The summed E-state index contributed by atoms with van der Waals surface area (Å²) >= 11 is 0. The number of hydrogen-bond acceptors (Lipinski definition) is 4. The van der Waals surface area contributed by atoms with E-state index < -0.39 is 0 Å². The first-order valence-electron chi connectivity index (χ1n) is 7.01. The number of carbonyl (C=O) groups excluding carboxylic acids is 1. The molecule has 2 aromatic carbocycles. The van der Waals surface area contributed by atoms with Crippen LogP contribution in [0.4, 0.5) is 5.69 Å². The molecule has 1 aliphatic rings. The van der Waals surface area contributed by atoms with Crippen LogP contribution in [0.25, 0.3) is 0 Å². The maximum absolute atomic E-state index is 12.2. The van der Waals surface area contributed by atoms with Crippen molar-refractivity contribution < 1.29 is 19.4 Å². The molecule has 3 rings (SSSR count). The standard InChI is InChI=1S/C17H17NO4/c1-21-14-5-2-12(3-6-14)9-18-15-7-4-13(10-19)8-16(15)22-11-17(18)20/h2-8,19H,9-11H2,1H3. The van der Waals surface area contributed by atoms with Crippen LogP contribution in [0.5, 0.6) is 11.5 Å². The second kappa shape index (κ2) is 6.07. The third kappa shape index (κ3) is 2.76. The molecule has 0 atom stereocenters. The van der Waals surface area contributed by atoms with Gasteiger partial charge in [0.1, 0.15) is 11.5 Å². The topological polar surface area (TPSA) is 59.0 Å². The first kappa shape index (κ1) is 14.4. The highest BCUT2D eigenvalue weighted by Crippen LogP contribution is 2.34. The van der Waals surface area contributed by atoms with Gasteiger partial charge in [-0.15, -0.1) is 0 Å². The van der Waals surface area contributed by atoms with Gasteiger partial charge in [-0.1, -0.05) is 18.2 Å². The second-order valence-electron chi connectivity index (χ2n) is 5.08. The summed E-state index contributed by atoms with van der Waals surface area (Å²) < 4.78 is 10.6. The molecule has 114 valence electrons. The summed E-state index contributed by atoms with van der Waals surface area (Å²) in [7, 11) is 1.62. The van der Waals surface area contributed by atoms with E-state index in [4.69, 9.17) is 9.47 Å². The van der Waals surface area contributed by atoms with Gasteiger partial charge in [-0.3, -0.25) is 4.79 Å². The van der Waals surface area contributed by atoms with E-state index in [1.165, 1.54) is 0 Å². The SMILES string of the molecule is COc1ccc(CN2C(=O)COc3cc(CO)ccc32)cc1. The van der Waals surface area contributed by atoms with Crippen LogP contribution in [0.1, 0.15) is 11.1 Å². The molecule has 0 aromatic heterocycles. The molecule has 1 amide bonds. The first-order chi connectivity index (χ1) is 10.7. The summed E-state index contributed by atoms with van der Waals surface area (Å²) in [6.07, 6.45) is 0. The van der Waals surface area contributed by atoms with Crippen LogP contribution in [0.2, 0.25) is 0 Å². The van der Waals surface area contributed by atoms with E-state index in [-0.39, 0.29) is 19.1 Å². The van der Waals surface area contributed by atoms with Gasteiger partial charge >= 0.3 is 0 Å². The number of benzene rings is 2. The number of hydrogen-bond donors (Lipinski definition) is 1. The zero-order valence-corrected chi connectivity index (χ0v) is 12.3. The number of nitrogens with zero attached hydrogens (tertiary/aromatic N) is 1. The summed E-state index contributed by atoms with van der Waals surface area (Å²) in [6.45, 7) is 0.429. The van der Waals surface area contributed by atoms with Crippen LogP contribution in [0, 0.1) is 0 Å². The first-order valence-corrected chi connectivity index (χ1v) is 7.01. The molecule has 5 nitrogen and oxygen atoms in total. The number of aliphatic hydroxyl groups excluding tert-OH is 1. The summed E-state index contributed by atoms with van der Waals surface area (Å²) in [5.74, 6) is 1.32. The molecule has 1 N–H and O–H groups in total. The van der Waals surface area contributed by atoms with Gasteiger partial charge in [0.25, 0.3) is 5.91 Å². The highest BCUT2D eigenvalue weighted by Gasteiger charge is 2.25. The third-order valence-electron chi connectivity index (χ3n) is 3.65. The Bertz CT molecular complexity index is 682. The Labute approximate surface area is 128 Å². The molecule has 0 saturated carbocycles. The molecule has 0 fully saturated rings. The lowest BCUT2D eigenvalue weighted by Crippen LogP contribution is -2.38. The molecule has 1 aliphatic heterocycles. The zero-order valence-electron chi connectivity index (χ0n) is 12.3. The van der Waals surface area contributed by atoms with Gasteiger partial charge in [0.05, 0.1) is 25.9 Å². The minimum absolute atomic E-state index is 0.0119. The smallest absolute Gasteiger partial charge is 0.265 e. The Balaban J connectivity index is 1.88. The van der Waals surface area contributed by atoms with Crippen molar-refractivity contribution in [3.8, 4) is 11.5 Å². The molecule has 0 unspecified atom stereocenters. The van der Waals surface area contributed by atoms with Crippen molar-refractivity contribution in [2.75, 3.05) is 18.6 Å². The van der Waals surface area contributed by atoms with E-state index in [2.05, 4.69) is 0 Å². The summed E-state index contributed by atoms with van der Waals surface area (Å²) in [6, 6.07) is 13.0. The van der Waals surface area contributed by atoms with Gasteiger partial charge in [-0.25, -0.2) is 0 Å².